The van der Waals surface area contributed by atoms with Gasteiger partial charge in [0.25, 0.3) is 0 Å². The Labute approximate surface area is 156 Å². The summed E-state index contributed by atoms with van der Waals surface area (Å²) in [6, 6.07) is 11.9. The first-order chi connectivity index (χ1) is 11.8. The second-order valence-corrected chi connectivity index (χ2v) is 5.82. The molecule has 0 aromatic heterocycles. The molecule has 2 aromatic carbocycles. The second-order valence-electron chi connectivity index (χ2n) is 5.82. The molecule has 2 aromatic rings. The topological polar surface area (TPSA) is 84.6 Å². The van der Waals surface area contributed by atoms with E-state index in [2.05, 4.69) is 5.32 Å². The maximum Gasteiger partial charge on any atom is 0.244 e. The number of ether oxygens (including phenoxy) is 1. The van der Waals surface area contributed by atoms with E-state index in [4.69, 9.17) is 10.5 Å². The third-order valence-electron chi connectivity index (χ3n) is 3.68. The molecule has 0 aliphatic carbocycles. The van der Waals surface area contributed by atoms with Crippen LogP contribution in [-0.2, 0) is 10.3 Å². The zero-order valence-electron chi connectivity index (χ0n) is 14.1. The number of aliphatic hydroxyl groups excluding tert-OH is 1. The van der Waals surface area contributed by atoms with Crippen LogP contribution in [0.5, 0.6) is 5.75 Å². The predicted octanol–water partition coefficient (Wildman–Crippen LogP) is 2.12. The Bertz CT molecular complexity index is 730. The molecule has 4 N–H and O–H groups in total. The number of halogens is 3. The number of rotatable bonds is 7. The molecule has 1 amide bonds. The zero-order chi connectivity index (χ0) is 18.4. The number of carbonyl (C=O) groups is 1. The van der Waals surface area contributed by atoms with Crippen molar-refractivity contribution in [2.45, 2.75) is 18.6 Å². The van der Waals surface area contributed by atoms with Crippen molar-refractivity contribution in [2.75, 3.05) is 13.2 Å². The Kier molecular flexibility index (Phi) is 7.95. The van der Waals surface area contributed by atoms with Crippen LogP contribution in [0.4, 0.5) is 8.78 Å². The van der Waals surface area contributed by atoms with Gasteiger partial charge in [0.05, 0.1) is 0 Å². The first kappa shape index (κ1) is 21.8. The minimum atomic E-state index is -1.25. The Morgan fingerprint density at radius 2 is 1.88 bits per heavy atom. The van der Waals surface area contributed by atoms with Gasteiger partial charge < -0.3 is 20.9 Å². The van der Waals surface area contributed by atoms with E-state index in [1.165, 1.54) is 6.07 Å². The van der Waals surface area contributed by atoms with Gasteiger partial charge in [-0.25, -0.2) is 8.78 Å². The maximum absolute atomic E-state index is 13.1. The molecule has 8 heteroatoms. The predicted molar refractivity (Wildman–Crippen MR) is 96.1 cm³/mol. The third-order valence-corrected chi connectivity index (χ3v) is 3.68. The van der Waals surface area contributed by atoms with Gasteiger partial charge in [-0.3, -0.25) is 4.79 Å². The lowest BCUT2D eigenvalue weighted by atomic mass is 9.92. The number of hydrogen-bond donors (Lipinski definition) is 3. The highest BCUT2D eigenvalue weighted by Gasteiger charge is 2.30. The Balaban J connectivity index is 0.00000338. The SMILES string of the molecule is CC(N)(C(=O)NCC(O)COc1ccc(F)c(F)c1)c1ccccc1.Cl. The molecular formula is C18H21ClF2N2O3. The molecule has 0 aliphatic heterocycles. The molecule has 0 heterocycles. The van der Waals surface area contributed by atoms with Crippen LogP contribution in [0.3, 0.4) is 0 Å². The van der Waals surface area contributed by atoms with E-state index in [0.29, 0.717) is 5.56 Å². The number of carbonyl (C=O) groups excluding carboxylic acids is 1. The van der Waals surface area contributed by atoms with Crippen LogP contribution < -0.4 is 15.8 Å². The van der Waals surface area contributed by atoms with Crippen molar-refractivity contribution < 1.29 is 23.4 Å². The monoisotopic (exact) mass is 386 g/mol. The molecule has 0 spiro atoms. The lowest BCUT2D eigenvalue weighted by Crippen LogP contribution is -2.51. The molecule has 0 bridgehead atoms. The lowest BCUT2D eigenvalue weighted by Gasteiger charge is -2.25. The van der Waals surface area contributed by atoms with E-state index in [1.807, 2.05) is 6.07 Å². The highest BCUT2D eigenvalue weighted by molar-refractivity contribution is 5.87. The molecular weight excluding hydrogens is 366 g/mol. The van der Waals surface area contributed by atoms with Gasteiger partial charge in [-0.2, -0.15) is 0 Å². The van der Waals surface area contributed by atoms with Crippen molar-refractivity contribution in [3.8, 4) is 5.75 Å². The van der Waals surface area contributed by atoms with Crippen LogP contribution >= 0.6 is 12.4 Å². The van der Waals surface area contributed by atoms with Gasteiger partial charge in [-0.15, -0.1) is 12.4 Å². The summed E-state index contributed by atoms with van der Waals surface area (Å²) in [5.41, 5.74) is 5.45. The number of aliphatic hydroxyl groups is 1. The van der Waals surface area contributed by atoms with Gasteiger partial charge in [0.15, 0.2) is 11.6 Å². The Hall–Kier alpha value is -2.22. The van der Waals surface area contributed by atoms with Crippen molar-refractivity contribution in [3.05, 3.63) is 65.7 Å². The highest BCUT2D eigenvalue weighted by atomic mass is 35.5. The smallest absolute Gasteiger partial charge is 0.244 e. The average molecular weight is 387 g/mol. The van der Waals surface area contributed by atoms with Gasteiger partial charge in [-0.1, -0.05) is 30.3 Å². The zero-order valence-corrected chi connectivity index (χ0v) is 14.9. The Morgan fingerprint density at radius 1 is 1.23 bits per heavy atom. The largest absolute Gasteiger partial charge is 0.491 e. The van der Waals surface area contributed by atoms with Crippen LogP contribution in [-0.4, -0.2) is 30.3 Å². The molecule has 142 valence electrons. The first-order valence-corrected chi connectivity index (χ1v) is 7.69. The molecule has 2 atom stereocenters. The summed E-state index contributed by atoms with van der Waals surface area (Å²) in [5, 5.41) is 12.4. The second kappa shape index (κ2) is 9.47. The van der Waals surface area contributed by atoms with Crippen LogP contribution in [0.1, 0.15) is 12.5 Å². The van der Waals surface area contributed by atoms with E-state index in [-0.39, 0.29) is 31.3 Å². The van der Waals surface area contributed by atoms with E-state index in [0.717, 1.165) is 12.1 Å². The fourth-order valence-corrected chi connectivity index (χ4v) is 2.13. The summed E-state index contributed by atoms with van der Waals surface area (Å²) < 4.78 is 31.0. The summed E-state index contributed by atoms with van der Waals surface area (Å²) in [6.07, 6.45) is -1.04. The number of nitrogens with one attached hydrogen (secondary N) is 1. The van der Waals surface area contributed by atoms with Crippen molar-refractivity contribution in [2.24, 2.45) is 5.73 Å². The van der Waals surface area contributed by atoms with Gasteiger partial charge in [0.1, 0.15) is 24.0 Å². The number of hydrogen-bond acceptors (Lipinski definition) is 4. The third kappa shape index (κ3) is 5.66. The quantitative estimate of drug-likeness (QED) is 0.680. The molecule has 0 aliphatic rings. The first-order valence-electron chi connectivity index (χ1n) is 7.69. The molecule has 2 unspecified atom stereocenters. The molecule has 0 saturated carbocycles. The van der Waals surface area contributed by atoms with E-state index in [9.17, 15) is 18.7 Å². The molecule has 0 radical (unpaired) electrons. The summed E-state index contributed by atoms with van der Waals surface area (Å²) in [5.74, 6) is -2.40. The van der Waals surface area contributed by atoms with E-state index < -0.39 is 29.2 Å². The van der Waals surface area contributed by atoms with Crippen molar-refractivity contribution in [1.29, 1.82) is 0 Å². The van der Waals surface area contributed by atoms with Gasteiger partial charge in [-0.05, 0) is 24.6 Å². The fraction of sp³-hybridized carbons (Fsp3) is 0.278. The average Bonchev–Trinajstić information content (AvgIpc) is 2.61. The lowest BCUT2D eigenvalue weighted by molar-refractivity contribution is -0.126. The van der Waals surface area contributed by atoms with Crippen molar-refractivity contribution in [3.63, 3.8) is 0 Å². The highest BCUT2D eigenvalue weighted by Crippen LogP contribution is 2.17. The van der Waals surface area contributed by atoms with E-state index >= 15 is 0 Å². The Morgan fingerprint density at radius 3 is 2.50 bits per heavy atom. The molecule has 26 heavy (non-hydrogen) atoms. The minimum absolute atomic E-state index is 0. The van der Waals surface area contributed by atoms with Crippen molar-refractivity contribution >= 4 is 18.3 Å². The molecule has 5 nitrogen and oxygen atoms in total. The van der Waals surface area contributed by atoms with Crippen LogP contribution in [0.25, 0.3) is 0 Å². The normalized spacial score (nSPS) is 13.9. The van der Waals surface area contributed by atoms with Crippen LogP contribution in [0.2, 0.25) is 0 Å². The number of nitrogens with two attached hydrogens (primary N) is 1. The van der Waals surface area contributed by atoms with Crippen LogP contribution in [0, 0.1) is 11.6 Å². The molecule has 0 fully saturated rings. The van der Waals surface area contributed by atoms with Crippen LogP contribution in [0.15, 0.2) is 48.5 Å². The van der Waals surface area contributed by atoms with Gasteiger partial charge >= 0.3 is 0 Å². The summed E-state index contributed by atoms with van der Waals surface area (Å²) in [6.45, 7) is 1.28. The summed E-state index contributed by atoms with van der Waals surface area (Å²) in [7, 11) is 0. The summed E-state index contributed by atoms with van der Waals surface area (Å²) in [4.78, 5) is 12.2. The minimum Gasteiger partial charge on any atom is -0.491 e. The molecule has 2 rings (SSSR count). The van der Waals surface area contributed by atoms with E-state index in [1.54, 1.807) is 31.2 Å². The fourth-order valence-electron chi connectivity index (χ4n) is 2.13. The van der Waals surface area contributed by atoms with Gasteiger partial charge in [0, 0.05) is 12.6 Å². The van der Waals surface area contributed by atoms with Gasteiger partial charge in [0.2, 0.25) is 5.91 Å². The number of amides is 1. The number of benzene rings is 2. The molecule has 0 saturated heterocycles. The maximum atomic E-state index is 13.1. The van der Waals surface area contributed by atoms with Crippen molar-refractivity contribution in [1.82, 2.24) is 5.32 Å². The summed E-state index contributed by atoms with van der Waals surface area (Å²) >= 11 is 0. The standard InChI is InChI=1S/C18H20F2N2O3.ClH/c1-18(21,12-5-3-2-4-6-12)17(24)22-10-13(23)11-25-14-7-8-15(19)16(20)9-14;/h2-9,13,23H,10-11,21H2,1H3,(H,22,24);1H.